The van der Waals surface area contributed by atoms with Crippen molar-refractivity contribution in [1.82, 2.24) is 4.90 Å². The fourth-order valence-electron chi connectivity index (χ4n) is 3.02. The summed E-state index contributed by atoms with van der Waals surface area (Å²) in [4.78, 5) is 14.5. The lowest BCUT2D eigenvalue weighted by molar-refractivity contribution is -0.129. The molecule has 0 atom stereocenters. The van der Waals surface area contributed by atoms with E-state index in [1.165, 1.54) is 10.6 Å². The Morgan fingerprint density at radius 3 is 1.80 bits per heavy atom. The van der Waals surface area contributed by atoms with Gasteiger partial charge in [-0.25, -0.2) is 8.42 Å². The number of para-hydroxylation sites is 1. The average molecular weight is 369 g/mol. The third-order valence-corrected chi connectivity index (χ3v) is 5.35. The topological polar surface area (TPSA) is 57.7 Å². The molecule has 0 radical (unpaired) electrons. The number of hydrogen-bond acceptors (Lipinski definition) is 3. The molecule has 1 aromatic rings. The normalized spacial score (nSPS) is 11.4. The minimum absolute atomic E-state index is 0.136. The molecule has 0 aliphatic heterocycles. The number of amides is 1. The van der Waals surface area contributed by atoms with Crippen molar-refractivity contribution < 1.29 is 13.2 Å². The summed E-state index contributed by atoms with van der Waals surface area (Å²) in [5.74, 6) is -0.137. The maximum Gasteiger partial charge on any atom is 0.243 e. The van der Waals surface area contributed by atoms with Gasteiger partial charge in [0.1, 0.15) is 6.54 Å². The molecule has 25 heavy (non-hydrogen) atoms. The Bertz CT molecular complexity index is 643. The third kappa shape index (κ3) is 5.73. The highest BCUT2D eigenvalue weighted by atomic mass is 32.2. The number of carbonyl (C=O) groups is 1. The molecular formula is C19H32N2O3S. The van der Waals surface area contributed by atoms with Crippen molar-refractivity contribution in [3.63, 3.8) is 0 Å². The van der Waals surface area contributed by atoms with Crippen molar-refractivity contribution in [3.8, 4) is 0 Å². The van der Waals surface area contributed by atoms with Crippen LogP contribution >= 0.6 is 0 Å². The van der Waals surface area contributed by atoms with E-state index >= 15 is 0 Å². The molecule has 0 spiro atoms. The summed E-state index contributed by atoms with van der Waals surface area (Å²) in [5, 5.41) is 0. The second kappa shape index (κ2) is 9.80. The van der Waals surface area contributed by atoms with E-state index in [0.29, 0.717) is 18.8 Å². The number of nitrogens with zero attached hydrogens (tertiary/aromatic N) is 2. The number of benzene rings is 1. The van der Waals surface area contributed by atoms with Crippen molar-refractivity contribution in [3.05, 3.63) is 29.3 Å². The van der Waals surface area contributed by atoms with Crippen LogP contribution in [0.1, 0.15) is 51.7 Å². The van der Waals surface area contributed by atoms with E-state index in [2.05, 4.69) is 0 Å². The van der Waals surface area contributed by atoms with Crippen molar-refractivity contribution in [2.45, 2.75) is 53.4 Å². The highest BCUT2D eigenvalue weighted by Crippen LogP contribution is 2.29. The standard InChI is InChI=1S/C19H32N2O3S/c1-6-13-20(14-7-2)18(22)15-21(25(5,23)24)19-16(8-3)11-10-12-17(19)9-4/h10-12H,6-9,13-15H2,1-5H3. The molecule has 0 unspecified atom stereocenters. The zero-order valence-electron chi connectivity index (χ0n) is 16.2. The van der Waals surface area contributed by atoms with Gasteiger partial charge in [0.05, 0.1) is 11.9 Å². The summed E-state index contributed by atoms with van der Waals surface area (Å²) in [6, 6.07) is 5.82. The van der Waals surface area contributed by atoms with Crippen LogP contribution in [0, 0.1) is 0 Å². The minimum atomic E-state index is -3.56. The number of sulfonamides is 1. The van der Waals surface area contributed by atoms with Gasteiger partial charge in [-0.3, -0.25) is 9.10 Å². The second-order valence-corrected chi connectivity index (χ2v) is 8.19. The van der Waals surface area contributed by atoms with Gasteiger partial charge in [-0.1, -0.05) is 45.9 Å². The van der Waals surface area contributed by atoms with Gasteiger partial charge in [-0.05, 0) is 36.8 Å². The molecule has 0 saturated heterocycles. The SMILES string of the molecule is CCCN(CCC)C(=O)CN(c1c(CC)cccc1CC)S(C)(=O)=O. The van der Waals surface area contributed by atoms with Gasteiger partial charge in [0.2, 0.25) is 15.9 Å². The summed E-state index contributed by atoms with van der Waals surface area (Å²) in [6.07, 6.45) is 4.33. The van der Waals surface area contributed by atoms with Crippen LogP contribution < -0.4 is 4.31 Å². The number of anilines is 1. The van der Waals surface area contributed by atoms with E-state index in [1.54, 1.807) is 4.90 Å². The molecule has 1 rings (SSSR count). The molecule has 6 heteroatoms. The van der Waals surface area contributed by atoms with Gasteiger partial charge in [0.25, 0.3) is 0 Å². The van der Waals surface area contributed by atoms with Crippen molar-refractivity contribution in [1.29, 1.82) is 0 Å². The molecule has 0 N–H and O–H groups in total. The summed E-state index contributed by atoms with van der Waals surface area (Å²) >= 11 is 0. The first-order chi connectivity index (χ1) is 11.8. The second-order valence-electron chi connectivity index (χ2n) is 6.28. The molecule has 142 valence electrons. The summed E-state index contributed by atoms with van der Waals surface area (Å²) < 4.78 is 26.3. The summed E-state index contributed by atoms with van der Waals surface area (Å²) in [6.45, 7) is 9.21. The Hall–Kier alpha value is -1.56. The molecule has 1 aromatic carbocycles. The van der Waals surface area contributed by atoms with Gasteiger partial charge in [0, 0.05) is 13.1 Å². The van der Waals surface area contributed by atoms with E-state index in [0.717, 1.165) is 36.8 Å². The van der Waals surface area contributed by atoms with E-state index in [4.69, 9.17) is 0 Å². The number of carbonyl (C=O) groups excluding carboxylic acids is 1. The predicted octanol–water partition coefficient (Wildman–Crippen LogP) is 3.23. The molecule has 0 fully saturated rings. The summed E-state index contributed by atoms with van der Waals surface area (Å²) in [5.41, 5.74) is 2.58. The van der Waals surface area contributed by atoms with Crippen LogP contribution in [0.4, 0.5) is 5.69 Å². The number of hydrogen-bond donors (Lipinski definition) is 0. The molecule has 0 aliphatic rings. The highest BCUT2D eigenvalue weighted by Gasteiger charge is 2.26. The molecule has 0 saturated carbocycles. The summed E-state index contributed by atoms with van der Waals surface area (Å²) in [7, 11) is -3.56. The molecule has 1 amide bonds. The Labute approximate surface area is 153 Å². The molecule has 0 aromatic heterocycles. The van der Waals surface area contributed by atoms with Crippen LogP contribution in [0.3, 0.4) is 0 Å². The van der Waals surface area contributed by atoms with Crippen LogP contribution in [0.25, 0.3) is 0 Å². The molecule has 5 nitrogen and oxygen atoms in total. The lowest BCUT2D eigenvalue weighted by atomic mass is 10.0. The van der Waals surface area contributed by atoms with E-state index in [-0.39, 0.29) is 12.5 Å². The molecule has 0 bridgehead atoms. The van der Waals surface area contributed by atoms with E-state index in [1.807, 2.05) is 45.9 Å². The van der Waals surface area contributed by atoms with E-state index < -0.39 is 10.0 Å². The average Bonchev–Trinajstić information content (AvgIpc) is 2.57. The Morgan fingerprint density at radius 1 is 0.960 bits per heavy atom. The van der Waals surface area contributed by atoms with Gasteiger partial charge < -0.3 is 4.90 Å². The van der Waals surface area contributed by atoms with Crippen LogP contribution in [-0.2, 0) is 27.7 Å². The molecule has 0 aliphatic carbocycles. The van der Waals surface area contributed by atoms with Crippen LogP contribution in [0.2, 0.25) is 0 Å². The first-order valence-electron chi connectivity index (χ1n) is 9.16. The van der Waals surface area contributed by atoms with Crippen molar-refractivity contribution in [2.24, 2.45) is 0 Å². The zero-order chi connectivity index (χ0) is 19.0. The first kappa shape index (κ1) is 21.5. The maximum absolute atomic E-state index is 12.8. The smallest absolute Gasteiger partial charge is 0.243 e. The zero-order valence-corrected chi connectivity index (χ0v) is 17.0. The van der Waals surface area contributed by atoms with Crippen LogP contribution in [-0.4, -0.2) is 45.1 Å². The van der Waals surface area contributed by atoms with Gasteiger partial charge in [-0.2, -0.15) is 0 Å². The fourth-order valence-corrected chi connectivity index (χ4v) is 3.93. The largest absolute Gasteiger partial charge is 0.341 e. The number of aryl methyl sites for hydroxylation is 2. The Kier molecular flexibility index (Phi) is 8.42. The van der Waals surface area contributed by atoms with E-state index in [9.17, 15) is 13.2 Å². The molecular weight excluding hydrogens is 336 g/mol. The lowest BCUT2D eigenvalue weighted by Gasteiger charge is -2.30. The number of rotatable bonds is 10. The fraction of sp³-hybridized carbons (Fsp3) is 0.632. The van der Waals surface area contributed by atoms with Gasteiger partial charge >= 0.3 is 0 Å². The Morgan fingerprint density at radius 2 is 1.44 bits per heavy atom. The van der Waals surface area contributed by atoms with Crippen molar-refractivity contribution >= 4 is 21.6 Å². The Balaban J connectivity index is 3.31. The maximum atomic E-state index is 12.8. The van der Waals surface area contributed by atoms with Gasteiger partial charge in [0.15, 0.2) is 0 Å². The predicted molar refractivity (Wildman–Crippen MR) is 105 cm³/mol. The first-order valence-corrected chi connectivity index (χ1v) is 11.0. The minimum Gasteiger partial charge on any atom is -0.341 e. The third-order valence-electron chi connectivity index (χ3n) is 4.23. The lowest BCUT2D eigenvalue weighted by Crippen LogP contribution is -2.44. The van der Waals surface area contributed by atoms with Crippen LogP contribution in [0.5, 0.6) is 0 Å². The quantitative estimate of drug-likeness (QED) is 0.637. The van der Waals surface area contributed by atoms with Crippen LogP contribution in [0.15, 0.2) is 18.2 Å². The monoisotopic (exact) mass is 368 g/mol. The van der Waals surface area contributed by atoms with Gasteiger partial charge in [-0.15, -0.1) is 0 Å². The highest BCUT2D eigenvalue weighted by molar-refractivity contribution is 7.92. The molecule has 0 heterocycles. The van der Waals surface area contributed by atoms with Crippen molar-refractivity contribution in [2.75, 3.05) is 30.2 Å².